The van der Waals surface area contributed by atoms with E-state index in [-0.39, 0.29) is 0 Å². The summed E-state index contributed by atoms with van der Waals surface area (Å²) in [7, 11) is -2.98. The molecule has 0 aromatic carbocycles. The van der Waals surface area contributed by atoms with Crippen molar-refractivity contribution in [3.63, 3.8) is 0 Å². The first-order valence-corrected chi connectivity index (χ1v) is 7.17. The van der Waals surface area contributed by atoms with Gasteiger partial charge in [-0.3, -0.25) is 0 Å². The second-order valence-corrected chi connectivity index (χ2v) is 5.66. The molecule has 0 radical (unpaired) electrons. The summed E-state index contributed by atoms with van der Waals surface area (Å²) in [4.78, 5) is 0. The molecule has 4 heteroatoms. The summed E-state index contributed by atoms with van der Waals surface area (Å²) in [6, 6.07) is 0. The van der Waals surface area contributed by atoms with Gasteiger partial charge in [0.05, 0.1) is 5.75 Å². The second kappa shape index (κ2) is 7.23. The Morgan fingerprint density at radius 2 is 1.43 bits per heavy atom. The summed E-state index contributed by atoms with van der Waals surface area (Å²) in [5.74, 6) is 0.309. The third-order valence-corrected chi connectivity index (χ3v) is 4.05. The maximum absolute atomic E-state index is 11.8. The van der Waals surface area contributed by atoms with Crippen LogP contribution in [0.3, 0.4) is 0 Å². The van der Waals surface area contributed by atoms with Gasteiger partial charge in [0.15, 0.2) is 0 Å². The van der Waals surface area contributed by atoms with Crippen molar-refractivity contribution in [1.82, 2.24) is 4.31 Å². The summed E-state index contributed by atoms with van der Waals surface area (Å²) in [5, 5.41) is 0. The lowest BCUT2D eigenvalue weighted by Crippen LogP contribution is -2.34. The molecule has 0 bridgehead atoms. The van der Waals surface area contributed by atoms with Crippen LogP contribution in [0.15, 0.2) is 0 Å². The largest absolute Gasteiger partial charge is 0.214 e. The summed E-state index contributed by atoms with van der Waals surface area (Å²) in [6.07, 6.45) is 3.49. The minimum Gasteiger partial charge on any atom is -0.212 e. The maximum Gasteiger partial charge on any atom is 0.214 e. The fourth-order valence-electron chi connectivity index (χ4n) is 1.34. The van der Waals surface area contributed by atoms with E-state index in [9.17, 15) is 8.42 Å². The lowest BCUT2D eigenvalue weighted by Gasteiger charge is -2.20. The summed E-state index contributed by atoms with van der Waals surface area (Å²) in [5.41, 5.74) is 0. The van der Waals surface area contributed by atoms with Crippen LogP contribution in [0.5, 0.6) is 0 Å². The molecule has 0 spiro atoms. The van der Waals surface area contributed by atoms with Gasteiger partial charge in [-0.1, -0.05) is 27.2 Å². The highest BCUT2D eigenvalue weighted by atomic mass is 32.2. The first-order valence-electron chi connectivity index (χ1n) is 5.56. The second-order valence-electron chi connectivity index (χ2n) is 3.57. The molecule has 14 heavy (non-hydrogen) atoms. The molecule has 0 aromatic heterocycles. The Morgan fingerprint density at radius 3 is 1.79 bits per heavy atom. The van der Waals surface area contributed by atoms with E-state index >= 15 is 0 Å². The first kappa shape index (κ1) is 13.9. The lowest BCUT2D eigenvalue weighted by atomic mass is 10.4. The van der Waals surface area contributed by atoms with E-state index < -0.39 is 10.0 Å². The van der Waals surface area contributed by atoms with Gasteiger partial charge < -0.3 is 0 Å². The quantitative estimate of drug-likeness (QED) is 0.630. The summed E-state index contributed by atoms with van der Waals surface area (Å²) >= 11 is 0. The van der Waals surface area contributed by atoms with Gasteiger partial charge in [0.2, 0.25) is 10.0 Å². The Bertz CT molecular complexity index is 218. The van der Waals surface area contributed by atoms with Gasteiger partial charge in [0, 0.05) is 13.1 Å². The van der Waals surface area contributed by atoms with Crippen LogP contribution in [0.1, 0.15) is 46.5 Å². The molecule has 0 aliphatic rings. The number of nitrogens with zero attached hydrogens (tertiary/aromatic N) is 1. The Labute approximate surface area is 88.5 Å². The van der Waals surface area contributed by atoms with E-state index in [1.165, 1.54) is 0 Å². The van der Waals surface area contributed by atoms with E-state index in [0.717, 1.165) is 25.7 Å². The van der Waals surface area contributed by atoms with Crippen LogP contribution in [0.2, 0.25) is 0 Å². The van der Waals surface area contributed by atoms with Gasteiger partial charge in [-0.05, 0) is 19.3 Å². The number of rotatable bonds is 8. The molecule has 0 N–H and O–H groups in total. The van der Waals surface area contributed by atoms with Crippen molar-refractivity contribution in [2.24, 2.45) is 0 Å². The lowest BCUT2D eigenvalue weighted by molar-refractivity contribution is 0.409. The molecular weight excluding hydrogens is 198 g/mol. The van der Waals surface area contributed by atoms with Crippen LogP contribution < -0.4 is 0 Å². The van der Waals surface area contributed by atoms with Crippen LogP contribution >= 0.6 is 0 Å². The van der Waals surface area contributed by atoms with Crippen LogP contribution in [0.4, 0.5) is 0 Å². The van der Waals surface area contributed by atoms with Crippen LogP contribution in [-0.4, -0.2) is 31.6 Å². The molecule has 0 heterocycles. The van der Waals surface area contributed by atoms with Crippen molar-refractivity contribution in [3.05, 3.63) is 0 Å². The SMILES string of the molecule is CCCCS(=O)(=O)N(CCC)CCC. The Hall–Kier alpha value is -0.0900. The van der Waals surface area contributed by atoms with Crippen molar-refractivity contribution in [3.8, 4) is 0 Å². The smallest absolute Gasteiger partial charge is 0.212 e. The van der Waals surface area contributed by atoms with Gasteiger partial charge in [-0.15, -0.1) is 0 Å². The topological polar surface area (TPSA) is 37.4 Å². The number of hydrogen-bond donors (Lipinski definition) is 0. The van der Waals surface area contributed by atoms with Crippen molar-refractivity contribution < 1.29 is 8.42 Å². The molecule has 0 amide bonds. The molecule has 0 aromatic rings. The van der Waals surface area contributed by atoms with Crippen molar-refractivity contribution >= 4 is 10.0 Å². The molecule has 0 fully saturated rings. The normalized spacial score (nSPS) is 12.3. The van der Waals surface area contributed by atoms with Gasteiger partial charge in [0.1, 0.15) is 0 Å². The maximum atomic E-state index is 11.8. The minimum absolute atomic E-state index is 0.309. The molecule has 0 unspecified atom stereocenters. The predicted molar refractivity (Wildman–Crippen MR) is 60.8 cm³/mol. The zero-order chi connectivity index (χ0) is 11.0. The van der Waals surface area contributed by atoms with Crippen LogP contribution in [0.25, 0.3) is 0 Å². The molecule has 0 saturated carbocycles. The van der Waals surface area contributed by atoms with Gasteiger partial charge in [-0.2, -0.15) is 0 Å². The minimum atomic E-state index is -2.98. The average molecular weight is 221 g/mol. The fourth-order valence-corrected chi connectivity index (χ4v) is 3.18. The average Bonchev–Trinajstić information content (AvgIpc) is 2.14. The number of unbranched alkanes of at least 4 members (excludes halogenated alkanes) is 1. The predicted octanol–water partition coefficient (Wildman–Crippen LogP) is 2.24. The van der Waals surface area contributed by atoms with Crippen LogP contribution in [0, 0.1) is 0 Å². The highest BCUT2D eigenvalue weighted by Crippen LogP contribution is 2.06. The van der Waals surface area contributed by atoms with Gasteiger partial charge in [0.25, 0.3) is 0 Å². The zero-order valence-corrected chi connectivity index (χ0v) is 10.4. The van der Waals surface area contributed by atoms with Gasteiger partial charge >= 0.3 is 0 Å². The first-order chi connectivity index (χ1) is 6.58. The zero-order valence-electron chi connectivity index (χ0n) is 9.62. The number of hydrogen-bond acceptors (Lipinski definition) is 2. The highest BCUT2D eigenvalue weighted by molar-refractivity contribution is 7.89. The molecular formula is C10H23NO2S. The summed E-state index contributed by atoms with van der Waals surface area (Å²) in [6.45, 7) is 7.37. The highest BCUT2D eigenvalue weighted by Gasteiger charge is 2.18. The molecule has 86 valence electrons. The van der Waals surface area contributed by atoms with Crippen LogP contribution in [-0.2, 0) is 10.0 Å². The van der Waals surface area contributed by atoms with E-state index in [2.05, 4.69) is 0 Å². The molecule has 0 saturated heterocycles. The third kappa shape index (κ3) is 4.96. The fraction of sp³-hybridized carbons (Fsp3) is 1.00. The standard InChI is InChI=1S/C10H23NO2S/c1-4-7-10-14(12,13)11(8-5-2)9-6-3/h4-10H2,1-3H3. The molecule has 3 nitrogen and oxygen atoms in total. The van der Waals surface area contributed by atoms with Gasteiger partial charge in [-0.25, -0.2) is 12.7 Å². The summed E-state index contributed by atoms with van der Waals surface area (Å²) < 4.78 is 25.2. The Morgan fingerprint density at radius 1 is 0.929 bits per heavy atom. The third-order valence-electron chi connectivity index (χ3n) is 2.10. The van der Waals surface area contributed by atoms with Crippen molar-refractivity contribution in [2.75, 3.05) is 18.8 Å². The Balaban J connectivity index is 4.29. The van der Waals surface area contributed by atoms with E-state index in [4.69, 9.17) is 0 Å². The molecule has 0 rings (SSSR count). The molecule has 0 atom stereocenters. The molecule has 0 aliphatic heterocycles. The molecule has 0 aliphatic carbocycles. The van der Waals surface area contributed by atoms with E-state index in [1.807, 2.05) is 20.8 Å². The monoisotopic (exact) mass is 221 g/mol. The number of sulfonamides is 1. The van der Waals surface area contributed by atoms with E-state index in [0.29, 0.717) is 18.8 Å². The van der Waals surface area contributed by atoms with E-state index in [1.54, 1.807) is 4.31 Å². The van der Waals surface area contributed by atoms with Crippen molar-refractivity contribution in [2.45, 2.75) is 46.5 Å². The Kier molecular flexibility index (Phi) is 7.19. The van der Waals surface area contributed by atoms with Crippen molar-refractivity contribution in [1.29, 1.82) is 0 Å².